The molecule has 0 aromatic heterocycles. The van der Waals surface area contributed by atoms with Gasteiger partial charge in [-0.3, -0.25) is 14.6 Å². The number of terminal acetylenes is 1. The molecule has 4 heterocycles. The van der Waals surface area contributed by atoms with E-state index in [9.17, 15) is 14.7 Å². The van der Waals surface area contributed by atoms with Gasteiger partial charge in [0.15, 0.2) is 39.3 Å². The number of amides is 2. The number of carbonyl (C=O) groups excluding carboxylic acids is 2. The quantitative estimate of drug-likeness (QED) is 0.182. The van der Waals surface area contributed by atoms with Crippen molar-refractivity contribution in [3.63, 3.8) is 0 Å². The van der Waals surface area contributed by atoms with E-state index in [2.05, 4.69) is 61.8 Å². The summed E-state index contributed by atoms with van der Waals surface area (Å²) >= 11 is 2.69. The van der Waals surface area contributed by atoms with Gasteiger partial charge in [0, 0.05) is 31.6 Å². The van der Waals surface area contributed by atoms with Crippen molar-refractivity contribution in [2.24, 2.45) is 15.8 Å². The molecule has 0 saturated carbocycles. The van der Waals surface area contributed by atoms with Gasteiger partial charge in [-0.25, -0.2) is 0 Å². The number of aliphatic imine (C=N–C) groups is 1. The topological polar surface area (TPSA) is 113 Å². The number of anilines is 1. The minimum absolute atomic E-state index is 0.0328. The van der Waals surface area contributed by atoms with Crippen LogP contribution in [0.5, 0.6) is 23.0 Å². The van der Waals surface area contributed by atoms with Gasteiger partial charge in [0.2, 0.25) is 0 Å². The van der Waals surface area contributed by atoms with Crippen LogP contribution in [0, 0.1) is 23.7 Å². The molecule has 0 saturated heterocycles. The number of benzene rings is 2. The zero-order chi connectivity index (χ0) is 39.5. The highest BCUT2D eigenvalue weighted by Gasteiger charge is 2.41. The van der Waals surface area contributed by atoms with E-state index in [4.69, 9.17) is 18.9 Å². The first kappa shape index (κ1) is 40.8. The fraction of sp³-hybridized carbons (Fsp3) is 0.500. The Hall–Kier alpha value is -4.42. The number of aliphatic hydroxyl groups is 1. The summed E-state index contributed by atoms with van der Waals surface area (Å²) in [6.45, 7) is 11.7. The molecule has 3 atom stereocenters. The maximum Gasteiger partial charge on any atom is 0.260 e. The van der Waals surface area contributed by atoms with E-state index >= 15 is 0 Å². The van der Waals surface area contributed by atoms with Crippen LogP contribution < -0.4 is 23.8 Å². The lowest BCUT2D eigenvalue weighted by molar-refractivity contribution is 0.0758. The van der Waals surface area contributed by atoms with E-state index < -0.39 is 0 Å². The van der Waals surface area contributed by atoms with Crippen LogP contribution in [0.1, 0.15) is 87.4 Å². The molecule has 2 unspecified atom stereocenters. The average molecular weight is 753 g/mol. The minimum atomic E-state index is -0.262. The lowest BCUT2D eigenvalue weighted by Crippen LogP contribution is -2.48. The number of hydrogen-bond acceptors (Lipinski definition) is 9. The van der Waals surface area contributed by atoms with Crippen LogP contribution in [0.4, 0.5) is 11.4 Å². The molecule has 2 amide bonds. The van der Waals surface area contributed by atoms with E-state index in [1.54, 1.807) is 36.2 Å². The molecule has 2 aromatic rings. The third kappa shape index (κ3) is 8.44. The average Bonchev–Trinajstić information content (AvgIpc) is 3.68. The molecule has 1 N–H and O–H groups in total. The Morgan fingerprint density at radius 1 is 0.852 bits per heavy atom. The summed E-state index contributed by atoms with van der Waals surface area (Å²) in [5.41, 5.74) is 3.29. The normalized spacial score (nSPS) is 20.4. The maximum atomic E-state index is 13.7. The van der Waals surface area contributed by atoms with Crippen LogP contribution in [0.15, 0.2) is 51.7 Å². The summed E-state index contributed by atoms with van der Waals surface area (Å²) in [6.07, 6.45) is 17.7. The Kier molecular flexibility index (Phi) is 12.5. The molecule has 4 aliphatic heterocycles. The largest absolute Gasteiger partial charge is 0.493 e. The van der Waals surface area contributed by atoms with Crippen LogP contribution in [0.3, 0.4) is 0 Å². The van der Waals surface area contributed by atoms with Gasteiger partial charge >= 0.3 is 0 Å². The smallest absolute Gasteiger partial charge is 0.260 e. The first-order chi connectivity index (χ1) is 25.6. The highest BCUT2D eigenvalue weighted by molar-refractivity contribution is 6.22. The van der Waals surface area contributed by atoms with Crippen LogP contribution >= 0.6 is 0 Å². The predicted molar refractivity (Wildman–Crippen MR) is 212 cm³/mol. The van der Waals surface area contributed by atoms with E-state index in [-0.39, 0.29) is 47.4 Å². The number of nitrogens with zero attached hydrogens (tertiary/aromatic N) is 4. The molecular weight excluding hydrogens is 699 g/mol. The number of hydrogen-bond donors (Lipinski definition) is 1. The van der Waals surface area contributed by atoms with Crippen molar-refractivity contribution in [2.75, 3.05) is 46.0 Å². The summed E-state index contributed by atoms with van der Waals surface area (Å²) in [7, 11) is 5.09. The van der Waals surface area contributed by atoms with Crippen molar-refractivity contribution >= 4 is 45.7 Å². The van der Waals surface area contributed by atoms with Crippen molar-refractivity contribution in [3.8, 4) is 35.8 Å². The molecule has 6 rings (SSSR count). The SMILES string of the molecule is C#C.COc1cc2c(cc1OCCC(C)(C)CCC(C)(C)COc1cc3c(cc1OC)C(=O)N1C=C(C)CC1C=N3)N(C)C(CO)[C@@H]1C[C]([Al])=CN1C2=O. The van der Waals surface area contributed by atoms with E-state index in [0.717, 1.165) is 35.7 Å². The van der Waals surface area contributed by atoms with Gasteiger partial charge in [0.05, 0.1) is 74.7 Å². The highest BCUT2D eigenvalue weighted by atomic mass is 27.0. The lowest BCUT2D eigenvalue weighted by atomic mass is 9.78. The standard InChI is InChI=1S/C40H51N4O7.C2H2.Al/c1-25-16-26-21-41-29-19-35(33(48-7)17-27(29)37(46)44(26)22-25)51-24-40(4,5)12-11-39(2,3)13-15-50-36-20-31-28(18-34(36)49-8)38(47)43-14-9-10-30(43)32(23-45)42(31)6;1-2;/h14,17-22,26,30,32,45H,10-13,15-16,23-24H2,1-8H3;1-2H;/t26?,30-,32?;;/m0../s1. The predicted octanol–water partition coefficient (Wildman–Crippen LogP) is 6.50. The molecule has 4 aliphatic rings. The van der Waals surface area contributed by atoms with Gasteiger partial charge in [-0.15, -0.1) is 17.3 Å². The lowest BCUT2D eigenvalue weighted by Gasteiger charge is -2.34. The second-order valence-corrected chi connectivity index (χ2v) is 16.8. The van der Waals surface area contributed by atoms with Crippen LogP contribution in [0.2, 0.25) is 0 Å². The Balaban J connectivity index is 0.00000276. The van der Waals surface area contributed by atoms with E-state index in [0.29, 0.717) is 65.1 Å². The second-order valence-electron chi connectivity index (χ2n) is 16.0. The number of aliphatic hydroxyl groups excluding tert-OH is 1. The molecular formula is C42H53AlN4O7. The Labute approximate surface area is 328 Å². The molecule has 0 aliphatic carbocycles. The van der Waals surface area contributed by atoms with Gasteiger partial charge < -0.3 is 38.8 Å². The number of rotatable bonds is 13. The Bertz CT molecular complexity index is 1870. The molecule has 54 heavy (non-hydrogen) atoms. The molecule has 2 aromatic carbocycles. The van der Waals surface area contributed by atoms with Crippen molar-refractivity contribution in [1.82, 2.24) is 9.80 Å². The van der Waals surface area contributed by atoms with E-state index in [1.807, 2.05) is 49.6 Å². The van der Waals surface area contributed by atoms with Gasteiger partial charge in [0.25, 0.3) is 11.8 Å². The number of carbonyl (C=O) groups is 2. The molecule has 2 radical (unpaired) electrons. The summed E-state index contributed by atoms with van der Waals surface area (Å²) in [5.74, 6) is 1.95. The van der Waals surface area contributed by atoms with Crippen LogP contribution in [0.25, 0.3) is 0 Å². The van der Waals surface area contributed by atoms with Crippen molar-refractivity contribution in [1.29, 1.82) is 0 Å². The van der Waals surface area contributed by atoms with Crippen LogP contribution in [-0.4, -0.2) is 108 Å². The molecule has 12 heteroatoms. The summed E-state index contributed by atoms with van der Waals surface area (Å²) < 4.78 is 25.1. The summed E-state index contributed by atoms with van der Waals surface area (Å²) in [5, 5.41) is 10.4. The molecule has 286 valence electrons. The third-order valence-corrected chi connectivity index (χ3v) is 11.3. The zero-order valence-corrected chi connectivity index (χ0v) is 34.0. The third-order valence-electron chi connectivity index (χ3n) is 10.9. The minimum Gasteiger partial charge on any atom is -0.493 e. The number of likely N-dealkylation sites (N-methyl/N-ethyl adjacent to an activating group) is 1. The zero-order valence-electron chi connectivity index (χ0n) is 32.8. The number of fused-ring (bicyclic) bond motifs is 4. The summed E-state index contributed by atoms with van der Waals surface area (Å²) in [6, 6.07) is 6.69. The van der Waals surface area contributed by atoms with Gasteiger partial charge in [-0.1, -0.05) is 33.3 Å². The number of methoxy groups -OCH3 is 2. The molecule has 11 nitrogen and oxygen atoms in total. The van der Waals surface area contributed by atoms with Crippen LogP contribution in [-0.2, 0) is 0 Å². The molecule has 0 spiro atoms. The number of ether oxygens (including phenoxy) is 4. The second kappa shape index (κ2) is 16.5. The Morgan fingerprint density at radius 3 is 2.15 bits per heavy atom. The van der Waals surface area contributed by atoms with Crippen molar-refractivity contribution in [3.05, 3.63) is 57.8 Å². The van der Waals surface area contributed by atoms with Gasteiger partial charge in [-0.05, 0) is 68.2 Å². The van der Waals surface area contributed by atoms with Crippen molar-refractivity contribution in [2.45, 2.75) is 84.8 Å². The van der Waals surface area contributed by atoms with E-state index in [1.165, 1.54) is 0 Å². The highest BCUT2D eigenvalue weighted by Crippen LogP contribution is 2.43. The monoisotopic (exact) mass is 752 g/mol. The first-order valence-corrected chi connectivity index (χ1v) is 18.9. The van der Waals surface area contributed by atoms with Gasteiger partial charge in [0.1, 0.15) is 0 Å². The first-order valence-electron chi connectivity index (χ1n) is 18.3. The molecule has 0 bridgehead atoms. The van der Waals surface area contributed by atoms with Gasteiger partial charge in [-0.2, -0.15) is 0 Å². The van der Waals surface area contributed by atoms with Crippen molar-refractivity contribution < 1.29 is 33.6 Å². The summed E-state index contributed by atoms with van der Waals surface area (Å²) in [4.78, 5) is 37.2. The fourth-order valence-electron chi connectivity index (χ4n) is 7.44. The Morgan fingerprint density at radius 2 is 1.48 bits per heavy atom. The molecule has 0 fully saturated rings. The fourth-order valence-corrected chi connectivity index (χ4v) is 7.84. The maximum absolute atomic E-state index is 13.7.